The van der Waals surface area contributed by atoms with Crippen LogP contribution in [0.3, 0.4) is 0 Å². The lowest BCUT2D eigenvalue weighted by Gasteiger charge is -2.20. The highest BCUT2D eigenvalue weighted by Crippen LogP contribution is 2.28. The first kappa shape index (κ1) is 12.5. The van der Waals surface area contributed by atoms with E-state index in [4.69, 9.17) is 4.74 Å². The summed E-state index contributed by atoms with van der Waals surface area (Å²) in [6.07, 6.45) is 9.06. The van der Waals surface area contributed by atoms with Crippen LogP contribution >= 0.6 is 0 Å². The van der Waals surface area contributed by atoms with Crippen LogP contribution in [0.1, 0.15) is 32.1 Å². The fourth-order valence-electron chi connectivity index (χ4n) is 3.06. The lowest BCUT2D eigenvalue weighted by atomic mass is 10.1. The van der Waals surface area contributed by atoms with Gasteiger partial charge in [-0.15, -0.1) is 0 Å². The molecule has 1 aromatic rings. The Hall–Kier alpha value is -1.58. The van der Waals surface area contributed by atoms with Gasteiger partial charge < -0.3 is 9.64 Å². The number of carbonyl (C=O) groups is 1. The fourth-order valence-corrected chi connectivity index (χ4v) is 3.06. The molecule has 1 saturated carbocycles. The molecule has 4 nitrogen and oxygen atoms in total. The maximum atomic E-state index is 12.3. The number of pyridine rings is 1. The van der Waals surface area contributed by atoms with Gasteiger partial charge in [-0.05, 0) is 25.0 Å². The van der Waals surface area contributed by atoms with E-state index in [0.717, 1.165) is 38.1 Å². The molecule has 1 aliphatic carbocycles. The summed E-state index contributed by atoms with van der Waals surface area (Å²) in [6.45, 7) is 1.56. The smallest absolute Gasteiger partial charge is 0.225 e. The van der Waals surface area contributed by atoms with Gasteiger partial charge in [0.05, 0.1) is 12.7 Å². The minimum Gasteiger partial charge on any atom is -0.487 e. The van der Waals surface area contributed by atoms with E-state index in [1.54, 1.807) is 12.4 Å². The molecule has 1 amide bonds. The highest BCUT2D eigenvalue weighted by Gasteiger charge is 2.32. The van der Waals surface area contributed by atoms with Crippen LogP contribution in [0.5, 0.6) is 5.75 Å². The minimum absolute atomic E-state index is 0.120. The van der Waals surface area contributed by atoms with E-state index in [-0.39, 0.29) is 12.0 Å². The standard InChI is InChI=1S/C15H20N2O2/c18-15(12-4-1-2-5-12)17-9-7-14(11-17)19-13-6-3-8-16-10-13/h3,6,8,10,12,14H,1-2,4-5,7,9,11H2. The van der Waals surface area contributed by atoms with Crippen molar-refractivity contribution < 1.29 is 9.53 Å². The quantitative estimate of drug-likeness (QED) is 0.837. The van der Waals surface area contributed by atoms with Crippen molar-refractivity contribution in [2.75, 3.05) is 13.1 Å². The second-order valence-electron chi connectivity index (χ2n) is 5.48. The van der Waals surface area contributed by atoms with Crippen molar-refractivity contribution in [1.82, 2.24) is 9.88 Å². The molecule has 4 heteroatoms. The number of hydrogen-bond donors (Lipinski definition) is 0. The Balaban J connectivity index is 1.53. The van der Waals surface area contributed by atoms with Gasteiger partial charge in [0, 0.05) is 25.1 Å². The molecule has 1 aromatic heterocycles. The number of rotatable bonds is 3. The third kappa shape index (κ3) is 2.88. The largest absolute Gasteiger partial charge is 0.487 e. The second-order valence-corrected chi connectivity index (χ2v) is 5.48. The van der Waals surface area contributed by atoms with E-state index in [1.807, 2.05) is 17.0 Å². The fraction of sp³-hybridized carbons (Fsp3) is 0.600. The molecule has 0 N–H and O–H groups in total. The molecule has 0 radical (unpaired) electrons. The topological polar surface area (TPSA) is 42.4 Å². The molecule has 0 bridgehead atoms. The van der Waals surface area contributed by atoms with Crippen molar-refractivity contribution in [3.05, 3.63) is 24.5 Å². The zero-order valence-corrected chi connectivity index (χ0v) is 11.1. The summed E-state index contributed by atoms with van der Waals surface area (Å²) >= 11 is 0. The van der Waals surface area contributed by atoms with E-state index in [0.29, 0.717) is 5.91 Å². The van der Waals surface area contributed by atoms with Crippen molar-refractivity contribution in [3.8, 4) is 5.75 Å². The zero-order valence-electron chi connectivity index (χ0n) is 11.1. The normalized spacial score (nSPS) is 23.8. The monoisotopic (exact) mass is 260 g/mol. The Morgan fingerprint density at radius 1 is 1.32 bits per heavy atom. The van der Waals surface area contributed by atoms with Crippen LogP contribution in [0.15, 0.2) is 24.5 Å². The number of nitrogens with zero attached hydrogens (tertiary/aromatic N) is 2. The molecule has 1 aliphatic heterocycles. The average molecular weight is 260 g/mol. The Bertz CT molecular complexity index is 429. The van der Waals surface area contributed by atoms with Crippen LogP contribution in [0.4, 0.5) is 0 Å². The lowest BCUT2D eigenvalue weighted by molar-refractivity contribution is -0.134. The Morgan fingerprint density at radius 2 is 2.16 bits per heavy atom. The molecule has 1 saturated heterocycles. The molecule has 102 valence electrons. The van der Waals surface area contributed by atoms with Gasteiger partial charge in [0.2, 0.25) is 5.91 Å². The predicted octanol–water partition coefficient (Wildman–Crippen LogP) is 2.25. The van der Waals surface area contributed by atoms with Crippen molar-refractivity contribution >= 4 is 5.91 Å². The number of likely N-dealkylation sites (tertiary alicyclic amines) is 1. The molecule has 0 spiro atoms. The first-order chi connectivity index (χ1) is 9.33. The highest BCUT2D eigenvalue weighted by molar-refractivity contribution is 5.79. The summed E-state index contributed by atoms with van der Waals surface area (Å²) in [7, 11) is 0. The molecule has 1 atom stereocenters. The van der Waals surface area contributed by atoms with E-state index in [1.165, 1.54) is 12.8 Å². The first-order valence-corrected chi connectivity index (χ1v) is 7.18. The van der Waals surface area contributed by atoms with Gasteiger partial charge in [-0.3, -0.25) is 9.78 Å². The summed E-state index contributed by atoms with van der Waals surface area (Å²) in [5.74, 6) is 1.41. The number of carbonyl (C=O) groups excluding carboxylic acids is 1. The van der Waals surface area contributed by atoms with Gasteiger partial charge >= 0.3 is 0 Å². The maximum absolute atomic E-state index is 12.3. The third-order valence-corrected chi connectivity index (χ3v) is 4.10. The number of ether oxygens (including phenoxy) is 1. The Labute approximate surface area is 113 Å². The molecule has 2 aliphatic rings. The van der Waals surface area contributed by atoms with Gasteiger partial charge in [-0.25, -0.2) is 0 Å². The maximum Gasteiger partial charge on any atom is 0.225 e. The number of amides is 1. The van der Waals surface area contributed by atoms with E-state index >= 15 is 0 Å². The van der Waals surface area contributed by atoms with Crippen LogP contribution in [-0.2, 0) is 4.79 Å². The van der Waals surface area contributed by atoms with Gasteiger partial charge in [0.1, 0.15) is 11.9 Å². The highest BCUT2D eigenvalue weighted by atomic mass is 16.5. The SMILES string of the molecule is O=C(C1CCCC1)N1CCC(Oc2cccnc2)C1. The van der Waals surface area contributed by atoms with Gasteiger partial charge in [-0.1, -0.05) is 12.8 Å². The first-order valence-electron chi connectivity index (χ1n) is 7.18. The number of hydrogen-bond acceptors (Lipinski definition) is 3. The van der Waals surface area contributed by atoms with E-state index in [9.17, 15) is 4.79 Å². The van der Waals surface area contributed by atoms with Crippen molar-refractivity contribution in [2.45, 2.75) is 38.2 Å². The summed E-state index contributed by atoms with van der Waals surface area (Å²) in [4.78, 5) is 18.3. The summed E-state index contributed by atoms with van der Waals surface area (Å²) in [6, 6.07) is 3.78. The van der Waals surface area contributed by atoms with Crippen LogP contribution in [-0.4, -0.2) is 35.0 Å². The van der Waals surface area contributed by atoms with Crippen LogP contribution in [0.2, 0.25) is 0 Å². The predicted molar refractivity (Wildman–Crippen MR) is 71.8 cm³/mol. The zero-order chi connectivity index (χ0) is 13.1. The lowest BCUT2D eigenvalue weighted by Crippen LogP contribution is -2.34. The summed E-state index contributed by atoms with van der Waals surface area (Å²) in [5.41, 5.74) is 0. The Kier molecular flexibility index (Phi) is 3.67. The molecule has 19 heavy (non-hydrogen) atoms. The molecule has 1 unspecified atom stereocenters. The van der Waals surface area contributed by atoms with Crippen molar-refractivity contribution in [2.24, 2.45) is 5.92 Å². The molecule has 2 fully saturated rings. The van der Waals surface area contributed by atoms with Gasteiger partial charge in [0.15, 0.2) is 0 Å². The molecular weight excluding hydrogens is 240 g/mol. The van der Waals surface area contributed by atoms with E-state index in [2.05, 4.69) is 4.98 Å². The average Bonchev–Trinajstić information content (AvgIpc) is 3.10. The summed E-state index contributed by atoms with van der Waals surface area (Å²) in [5, 5.41) is 0. The molecular formula is C15H20N2O2. The van der Waals surface area contributed by atoms with Crippen LogP contribution < -0.4 is 4.74 Å². The number of aromatic nitrogens is 1. The molecule has 3 rings (SSSR count). The second kappa shape index (κ2) is 5.59. The van der Waals surface area contributed by atoms with Crippen LogP contribution in [0.25, 0.3) is 0 Å². The Morgan fingerprint density at radius 3 is 2.89 bits per heavy atom. The van der Waals surface area contributed by atoms with Gasteiger partial charge in [-0.2, -0.15) is 0 Å². The van der Waals surface area contributed by atoms with Crippen molar-refractivity contribution in [3.63, 3.8) is 0 Å². The van der Waals surface area contributed by atoms with Crippen molar-refractivity contribution in [1.29, 1.82) is 0 Å². The van der Waals surface area contributed by atoms with Crippen LogP contribution in [0, 0.1) is 5.92 Å². The third-order valence-electron chi connectivity index (χ3n) is 4.10. The molecule has 2 heterocycles. The molecule has 0 aromatic carbocycles. The minimum atomic E-state index is 0.120. The summed E-state index contributed by atoms with van der Waals surface area (Å²) < 4.78 is 5.86. The van der Waals surface area contributed by atoms with Gasteiger partial charge in [0.25, 0.3) is 0 Å². The van der Waals surface area contributed by atoms with E-state index < -0.39 is 0 Å².